The molecule has 1 aromatic rings. The smallest absolute Gasteiger partial charge is 0.141 e. The molecule has 1 unspecified atom stereocenters. The molecule has 2 rings (SSSR count). The van der Waals surface area contributed by atoms with E-state index in [-0.39, 0.29) is 0 Å². The third kappa shape index (κ3) is 1.09. The first-order valence-corrected chi connectivity index (χ1v) is 4.49. The second kappa shape index (κ2) is 2.67. The van der Waals surface area contributed by atoms with E-state index < -0.39 is 0 Å². The number of rotatable bonds is 0. The van der Waals surface area contributed by atoms with Crippen molar-refractivity contribution < 1.29 is 4.74 Å². The van der Waals surface area contributed by atoms with Gasteiger partial charge in [0.2, 0.25) is 0 Å². The molecule has 12 heavy (non-hydrogen) atoms. The van der Waals surface area contributed by atoms with Gasteiger partial charge in [0.25, 0.3) is 0 Å². The molecule has 0 amide bonds. The lowest BCUT2D eigenvalue weighted by Gasteiger charge is -2.03. The van der Waals surface area contributed by atoms with Crippen LogP contribution in [0.25, 0.3) is 0 Å². The maximum Gasteiger partial charge on any atom is 0.141 e. The van der Waals surface area contributed by atoms with Crippen LogP contribution in [0.4, 0.5) is 0 Å². The SMILES string of the molecule is Cc1cc(Cl)c2c(c1)C(C)CO2. The average Bonchev–Trinajstić information content (AvgIpc) is 2.33. The van der Waals surface area contributed by atoms with E-state index in [4.69, 9.17) is 16.3 Å². The third-order valence-electron chi connectivity index (χ3n) is 2.23. The zero-order valence-corrected chi connectivity index (χ0v) is 7.98. The molecule has 1 nitrogen and oxygen atoms in total. The molecule has 0 saturated carbocycles. The molecule has 0 radical (unpaired) electrons. The van der Waals surface area contributed by atoms with Crippen LogP contribution in [-0.2, 0) is 0 Å². The summed E-state index contributed by atoms with van der Waals surface area (Å²) in [5.41, 5.74) is 2.45. The van der Waals surface area contributed by atoms with Gasteiger partial charge in [-0.05, 0) is 18.6 Å². The number of hydrogen-bond acceptors (Lipinski definition) is 1. The lowest BCUT2D eigenvalue weighted by atomic mass is 10.0. The number of aryl methyl sites for hydroxylation is 1. The van der Waals surface area contributed by atoms with E-state index in [0.717, 1.165) is 17.4 Å². The molecule has 64 valence electrons. The first-order chi connectivity index (χ1) is 5.68. The first-order valence-electron chi connectivity index (χ1n) is 4.11. The largest absolute Gasteiger partial charge is 0.491 e. The van der Waals surface area contributed by atoms with Crippen LogP contribution in [0.3, 0.4) is 0 Å². The number of fused-ring (bicyclic) bond motifs is 1. The number of hydrogen-bond donors (Lipinski definition) is 0. The van der Waals surface area contributed by atoms with Crippen LogP contribution in [0.15, 0.2) is 12.1 Å². The summed E-state index contributed by atoms with van der Waals surface area (Å²) < 4.78 is 5.46. The molecule has 0 spiro atoms. The maximum absolute atomic E-state index is 6.02. The maximum atomic E-state index is 6.02. The molecule has 2 heteroatoms. The van der Waals surface area contributed by atoms with Crippen molar-refractivity contribution in [3.8, 4) is 5.75 Å². The van der Waals surface area contributed by atoms with Gasteiger partial charge in [-0.3, -0.25) is 0 Å². The summed E-state index contributed by atoms with van der Waals surface area (Å²) in [5.74, 6) is 1.37. The number of benzene rings is 1. The van der Waals surface area contributed by atoms with E-state index in [1.54, 1.807) is 0 Å². The minimum atomic E-state index is 0.484. The monoisotopic (exact) mass is 182 g/mol. The summed E-state index contributed by atoms with van der Waals surface area (Å²) in [5, 5.41) is 0.745. The van der Waals surface area contributed by atoms with Crippen LogP contribution in [-0.4, -0.2) is 6.61 Å². The van der Waals surface area contributed by atoms with E-state index in [1.165, 1.54) is 11.1 Å². The fourth-order valence-electron chi connectivity index (χ4n) is 1.57. The molecule has 0 saturated heterocycles. The summed E-state index contributed by atoms with van der Waals surface area (Å²) >= 11 is 6.02. The van der Waals surface area contributed by atoms with Gasteiger partial charge in [0.15, 0.2) is 0 Å². The molecule has 0 bridgehead atoms. The number of ether oxygens (including phenoxy) is 1. The van der Waals surface area contributed by atoms with Gasteiger partial charge in [-0.1, -0.05) is 24.6 Å². The predicted octanol–water partition coefficient (Wildman–Crippen LogP) is 3.14. The molecule has 0 aromatic heterocycles. The lowest BCUT2D eigenvalue weighted by Crippen LogP contribution is -1.93. The predicted molar refractivity (Wildman–Crippen MR) is 50.1 cm³/mol. The quantitative estimate of drug-likeness (QED) is 0.599. The van der Waals surface area contributed by atoms with Gasteiger partial charge in [-0.15, -0.1) is 0 Å². The second-order valence-electron chi connectivity index (χ2n) is 3.38. The van der Waals surface area contributed by atoms with Gasteiger partial charge in [-0.2, -0.15) is 0 Å². The minimum Gasteiger partial charge on any atom is -0.491 e. The molecule has 1 aliphatic heterocycles. The van der Waals surface area contributed by atoms with E-state index in [1.807, 2.05) is 6.07 Å². The van der Waals surface area contributed by atoms with E-state index in [0.29, 0.717) is 5.92 Å². The Kier molecular flexibility index (Phi) is 1.76. The van der Waals surface area contributed by atoms with Crippen molar-refractivity contribution in [1.29, 1.82) is 0 Å². The van der Waals surface area contributed by atoms with E-state index in [9.17, 15) is 0 Å². The Labute approximate surface area is 77.3 Å². The summed E-state index contributed by atoms with van der Waals surface area (Å²) in [7, 11) is 0. The fraction of sp³-hybridized carbons (Fsp3) is 0.400. The van der Waals surface area contributed by atoms with Crippen molar-refractivity contribution in [1.82, 2.24) is 0 Å². The Bertz CT molecular complexity index is 320. The average molecular weight is 183 g/mol. The number of halogens is 1. The third-order valence-corrected chi connectivity index (χ3v) is 2.51. The fourth-order valence-corrected chi connectivity index (χ4v) is 1.91. The Balaban J connectivity index is 2.60. The molecular weight excluding hydrogens is 172 g/mol. The molecule has 1 aromatic carbocycles. The summed E-state index contributed by atoms with van der Waals surface area (Å²) in [6.45, 7) is 4.97. The molecule has 0 fully saturated rings. The van der Waals surface area contributed by atoms with Gasteiger partial charge in [-0.25, -0.2) is 0 Å². The molecule has 1 aliphatic rings. The molecule has 1 atom stereocenters. The van der Waals surface area contributed by atoms with Crippen LogP contribution in [0.2, 0.25) is 5.02 Å². The van der Waals surface area contributed by atoms with Crippen molar-refractivity contribution in [2.45, 2.75) is 19.8 Å². The van der Waals surface area contributed by atoms with Gasteiger partial charge < -0.3 is 4.74 Å². The first kappa shape index (κ1) is 7.93. The summed E-state index contributed by atoms with van der Waals surface area (Å²) in [4.78, 5) is 0. The van der Waals surface area contributed by atoms with Crippen LogP contribution < -0.4 is 4.74 Å². The molecule has 0 aliphatic carbocycles. The zero-order valence-electron chi connectivity index (χ0n) is 7.23. The highest BCUT2D eigenvalue weighted by Crippen LogP contribution is 2.39. The van der Waals surface area contributed by atoms with Gasteiger partial charge >= 0.3 is 0 Å². The normalized spacial score (nSPS) is 20.4. The minimum absolute atomic E-state index is 0.484. The molecule has 0 N–H and O–H groups in total. The Morgan fingerprint density at radius 3 is 3.00 bits per heavy atom. The van der Waals surface area contributed by atoms with Crippen molar-refractivity contribution >= 4 is 11.6 Å². The van der Waals surface area contributed by atoms with Crippen LogP contribution in [0, 0.1) is 6.92 Å². The van der Waals surface area contributed by atoms with Gasteiger partial charge in [0.05, 0.1) is 11.6 Å². The topological polar surface area (TPSA) is 9.23 Å². The van der Waals surface area contributed by atoms with Gasteiger partial charge in [0.1, 0.15) is 5.75 Å². The Morgan fingerprint density at radius 1 is 1.50 bits per heavy atom. The molecular formula is C10H11ClO. The van der Waals surface area contributed by atoms with Crippen molar-refractivity contribution in [3.63, 3.8) is 0 Å². The Morgan fingerprint density at radius 2 is 2.25 bits per heavy atom. The highest BCUT2D eigenvalue weighted by molar-refractivity contribution is 6.32. The standard InChI is InChI=1S/C10H11ClO/c1-6-3-8-7(2)5-12-10(8)9(11)4-6/h3-4,7H,5H2,1-2H3. The molecule has 1 heterocycles. The highest BCUT2D eigenvalue weighted by atomic mass is 35.5. The van der Waals surface area contributed by atoms with Crippen molar-refractivity contribution in [3.05, 3.63) is 28.3 Å². The second-order valence-corrected chi connectivity index (χ2v) is 3.78. The van der Waals surface area contributed by atoms with E-state index in [2.05, 4.69) is 19.9 Å². The highest BCUT2D eigenvalue weighted by Gasteiger charge is 2.22. The lowest BCUT2D eigenvalue weighted by molar-refractivity contribution is 0.337. The van der Waals surface area contributed by atoms with E-state index >= 15 is 0 Å². The van der Waals surface area contributed by atoms with Crippen molar-refractivity contribution in [2.24, 2.45) is 0 Å². The van der Waals surface area contributed by atoms with Crippen LogP contribution >= 0.6 is 11.6 Å². The Hall–Kier alpha value is -0.690. The van der Waals surface area contributed by atoms with Crippen LogP contribution in [0.1, 0.15) is 24.0 Å². The van der Waals surface area contributed by atoms with Gasteiger partial charge in [0, 0.05) is 11.5 Å². The van der Waals surface area contributed by atoms with Crippen molar-refractivity contribution in [2.75, 3.05) is 6.61 Å². The zero-order chi connectivity index (χ0) is 8.72. The summed E-state index contributed by atoms with van der Waals surface area (Å²) in [6, 6.07) is 4.09. The summed E-state index contributed by atoms with van der Waals surface area (Å²) in [6.07, 6.45) is 0. The van der Waals surface area contributed by atoms with Crippen LogP contribution in [0.5, 0.6) is 5.75 Å².